The minimum atomic E-state index is -1.08. The number of amides is 1. The predicted octanol–water partition coefficient (Wildman–Crippen LogP) is 3.74. The molecule has 1 heterocycles. The molecule has 3 rings (SSSR count). The van der Waals surface area contributed by atoms with Gasteiger partial charge in [-0.3, -0.25) is 9.00 Å². The number of nitrogens with one attached hydrogen (secondary N) is 2. The lowest BCUT2D eigenvalue weighted by molar-refractivity contribution is -0.116. The Morgan fingerprint density at radius 1 is 1.15 bits per heavy atom. The van der Waals surface area contributed by atoms with Crippen molar-refractivity contribution in [2.24, 2.45) is 5.92 Å². The number of carbonyl (C=O) groups excluding carboxylic acids is 1. The molecule has 0 bridgehead atoms. The number of anilines is 1. The van der Waals surface area contributed by atoms with Crippen molar-refractivity contribution in [3.8, 4) is 0 Å². The van der Waals surface area contributed by atoms with Crippen LogP contribution < -0.4 is 10.6 Å². The average molecular weight is 393 g/mol. The first kappa shape index (κ1) is 20.6. The van der Waals surface area contributed by atoms with Gasteiger partial charge in [0.2, 0.25) is 5.91 Å². The van der Waals surface area contributed by atoms with Gasteiger partial charge in [0.15, 0.2) is 0 Å². The Bertz CT molecular complexity index is 734. The largest absolute Gasteiger partial charge is 0.326 e. The van der Waals surface area contributed by atoms with Gasteiger partial charge < -0.3 is 10.6 Å². The SMILES string of the molecule is Cl.O=C(CCC1CCNC1)Nc1cccc(CS(=O)c2ccccc2)c1. The van der Waals surface area contributed by atoms with Crippen LogP contribution in [0.5, 0.6) is 0 Å². The number of hydrogen-bond donors (Lipinski definition) is 2. The average Bonchev–Trinajstić information content (AvgIpc) is 3.15. The second-order valence-electron chi connectivity index (χ2n) is 6.45. The summed E-state index contributed by atoms with van der Waals surface area (Å²) in [5, 5.41) is 6.29. The van der Waals surface area contributed by atoms with Crippen molar-refractivity contribution >= 4 is 34.8 Å². The van der Waals surface area contributed by atoms with E-state index in [1.165, 1.54) is 0 Å². The topological polar surface area (TPSA) is 58.2 Å². The first-order valence-electron chi connectivity index (χ1n) is 8.73. The van der Waals surface area contributed by atoms with Gasteiger partial charge in [0, 0.05) is 17.0 Å². The van der Waals surface area contributed by atoms with Crippen LogP contribution in [-0.2, 0) is 21.3 Å². The van der Waals surface area contributed by atoms with Gasteiger partial charge in [-0.05, 0) is 61.7 Å². The Morgan fingerprint density at radius 2 is 1.96 bits per heavy atom. The van der Waals surface area contributed by atoms with E-state index in [4.69, 9.17) is 0 Å². The molecule has 2 atom stereocenters. The molecule has 0 aromatic heterocycles. The first-order valence-corrected chi connectivity index (χ1v) is 10.1. The summed E-state index contributed by atoms with van der Waals surface area (Å²) in [5.74, 6) is 1.11. The van der Waals surface area contributed by atoms with E-state index in [0.29, 0.717) is 18.1 Å². The molecular weight excluding hydrogens is 368 g/mol. The van der Waals surface area contributed by atoms with Crippen LogP contribution in [0.2, 0.25) is 0 Å². The van der Waals surface area contributed by atoms with Crippen molar-refractivity contribution in [1.82, 2.24) is 5.32 Å². The Balaban J connectivity index is 0.00000243. The molecule has 140 valence electrons. The van der Waals surface area contributed by atoms with E-state index in [-0.39, 0.29) is 18.3 Å². The Labute approximate surface area is 163 Å². The van der Waals surface area contributed by atoms with E-state index >= 15 is 0 Å². The summed E-state index contributed by atoms with van der Waals surface area (Å²) in [4.78, 5) is 13.0. The molecule has 0 saturated carbocycles. The molecule has 1 saturated heterocycles. The second-order valence-corrected chi connectivity index (χ2v) is 7.90. The maximum atomic E-state index is 12.4. The lowest BCUT2D eigenvalue weighted by Crippen LogP contribution is -2.15. The van der Waals surface area contributed by atoms with Gasteiger partial charge in [-0.2, -0.15) is 0 Å². The quantitative estimate of drug-likeness (QED) is 0.754. The molecule has 2 unspecified atom stereocenters. The third-order valence-electron chi connectivity index (χ3n) is 4.46. The highest BCUT2D eigenvalue weighted by molar-refractivity contribution is 7.84. The van der Waals surface area contributed by atoms with E-state index < -0.39 is 10.8 Å². The van der Waals surface area contributed by atoms with Crippen LogP contribution in [0.4, 0.5) is 5.69 Å². The maximum Gasteiger partial charge on any atom is 0.224 e. The van der Waals surface area contributed by atoms with Crippen LogP contribution in [0.25, 0.3) is 0 Å². The lowest BCUT2D eigenvalue weighted by atomic mass is 10.0. The van der Waals surface area contributed by atoms with Crippen molar-refractivity contribution in [2.75, 3.05) is 18.4 Å². The zero-order chi connectivity index (χ0) is 17.5. The fourth-order valence-electron chi connectivity index (χ4n) is 3.07. The van der Waals surface area contributed by atoms with Crippen LogP contribution in [0.1, 0.15) is 24.8 Å². The molecule has 1 fully saturated rings. The molecule has 1 aliphatic rings. The smallest absolute Gasteiger partial charge is 0.224 e. The van der Waals surface area contributed by atoms with Gasteiger partial charge in [0.1, 0.15) is 0 Å². The highest BCUT2D eigenvalue weighted by atomic mass is 35.5. The number of halogens is 1. The summed E-state index contributed by atoms with van der Waals surface area (Å²) < 4.78 is 12.4. The first-order chi connectivity index (χ1) is 12.2. The van der Waals surface area contributed by atoms with Crippen LogP contribution in [-0.4, -0.2) is 23.2 Å². The molecule has 26 heavy (non-hydrogen) atoms. The molecule has 1 aliphatic heterocycles. The monoisotopic (exact) mass is 392 g/mol. The third kappa shape index (κ3) is 6.24. The van der Waals surface area contributed by atoms with Gasteiger partial charge in [-0.15, -0.1) is 12.4 Å². The summed E-state index contributed by atoms with van der Waals surface area (Å²) in [6.07, 6.45) is 2.64. The Hall–Kier alpha value is -1.69. The zero-order valence-corrected chi connectivity index (χ0v) is 16.3. The van der Waals surface area contributed by atoms with E-state index in [2.05, 4.69) is 10.6 Å². The fraction of sp³-hybridized carbons (Fsp3) is 0.350. The molecule has 4 nitrogen and oxygen atoms in total. The molecule has 2 aromatic carbocycles. The molecule has 6 heteroatoms. The van der Waals surface area contributed by atoms with E-state index in [1.807, 2.05) is 54.6 Å². The predicted molar refractivity (Wildman–Crippen MR) is 109 cm³/mol. The van der Waals surface area contributed by atoms with E-state index in [1.54, 1.807) is 0 Å². The molecule has 0 aliphatic carbocycles. The van der Waals surface area contributed by atoms with Crippen LogP contribution >= 0.6 is 12.4 Å². The van der Waals surface area contributed by atoms with Crippen LogP contribution in [0.3, 0.4) is 0 Å². The van der Waals surface area contributed by atoms with Crippen molar-refractivity contribution in [1.29, 1.82) is 0 Å². The summed E-state index contributed by atoms with van der Waals surface area (Å²) in [5.41, 5.74) is 1.73. The minimum absolute atomic E-state index is 0. The lowest BCUT2D eigenvalue weighted by Gasteiger charge is -2.10. The maximum absolute atomic E-state index is 12.4. The van der Waals surface area contributed by atoms with Gasteiger partial charge in [0.25, 0.3) is 0 Å². The molecule has 2 aromatic rings. The minimum Gasteiger partial charge on any atom is -0.326 e. The molecule has 2 N–H and O–H groups in total. The number of carbonyl (C=O) groups is 1. The number of benzene rings is 2. The fourth-order valence-corrected chi connectivity index (χ4v) is 4.18. The van der Waals surface area contributed by atoms with Gasteiger partial charge >= 0.3 is 0 Å². The van der Waals surface area contributed by atoms with Gasteiger partial charge in [-0.25, -0.2) is 0 Å². The van der Waals surface area contributed by atoms with Crippen LogP contribution in [0, 0.1) is 5.92 Å². The van der Waals surface area contributed by atoms with Crippen molar-refractivity contribution in [2.45, 2.75) is 29.9 Å². The third-order valence-corrected chi connectivity index (χ3v) is 5.85. The van der Waals surface area contributed by atoms with Crippen molar-refractivity contribution in [3.63, 3.8) is 0 Å². The summed E-state index contributed by atoms with van der Waals surface area (Å²) >= 11 is 0. The van der Waals surface area contributed by atoms with Gasteiger partial charge in [-0.1, -0.05) is 30.3 Å². The normalized spacial score (nSPS) is 17.3. The molecule has 1 amide bonds. The van der Waals surface area contributed by atoms with Crippen molar-refractivity contribution in [3.05, 3.63) is 60.2 Å². The number of hydrogen-bond acceptors (Lipinski definition) is 3. The number of rotatable bonds is 7. The highest BCUT2D eigenvalue weighted by Gasteiger charge is 2.15. The zero-order valence-electron chi connectivity index (χ0n) is 14.6. The van der Waals surface area contributed by atoms with Crippen LogP contribution in [0.15, 0.2) is 59.5 Å². The standard InChI is InChI=1S/C20H24N2O2S.ClH/c23-20(10-9-16-11-12-21-14-16)22-18-6-4-5-17(13-18)15-25(24)19-7-2-1-3-8-19;/h1-8,13,16,21H,9-12,14-15H2,(H,22,23);1H. The molecule has 0 spiro atoms. The Morgan fingerprint density at radius 3 is 2.69 bits per heavy atom. The molecular formula is C20H25ClN2O2S. The Kier molecular flexibility index (Phi) is 8.29. The molecule has 0 radical (unpaired) electrons. The summed E-state index contributed by atoms with van der Waals surface area (Å²) in [7, 11) is -1.08. The van der Waals surface area contributed by atoms with Gasteiger partial charge in [0.05, 0.1) is 16.6 Å². The second kappa shape index (κ2) is 10.5. The van der Waals surface area contributed by atoms with E-state index in [0.717, 1.165) is 42.1 Å². The summed E-state index contributed by atoms with van der Waals surface area (Å²) in [6, 6.07) is 17.1. The summed E-state index contributed by atoms with van der Waals surface area (Å²) in [6.45, 7) is 2.08. The van der Waals surface area contributed by atoms with E-state index in [9.17, 15) is 9.00 Å². The highest BCUT2D eigenvalue weighted by Crippen LogP contribution is 2.18. The van der Waals surface area contributed by atoms with Crippen molar-refractivity contribution < 1.29 is 9.00 Å².